The third kappa shape index (κ3) is 2.17. The van der Waals surface area contributed by atoms with E-state index in [-0.39, 0.29) is 23.1 Å². The van der Waals surface area contributed by atoms with Crippen LogP contribution in [-0.4, -0.2) is 30.6 Å². The topological polar surface area (TPSA) is 54.5 Å². The van der Waals surface area contributed by atoms with Gasteiger partial charge in [-0.1, -0.05) is 18.2 Å². The average molecular weight is 274 g/mol. The molecule has 0 aliphatic carbocycles. The second kappa shape index (κ2) is 4.66. The number of amides is 1. The van der Waals surface area contributed by atoms with E-state index in [1.54, 1.807) is 18.2 Å². The van der Waals surface area contributed by atoms with E-state index in [1.807, 2.05) is 0 Å². The molecule has 1 saturated heterocycles. The number of hydrogen-bond donors (Lipinski definition) is 0. The number of halogens is 1. The van der Waals surface area contributed by atoms with Crippen molar-refractivity contribution in [2.75, 3.05) is 5.88 Å². The smallest absolute Gasteiger partial charge is 0.266 e. The van der Waals surface area contributed by atoms with Crippen LogP contribution in [0.4, 0.5) is 0 Å². The number of rotatable bonds is 3. The molecule has 0 saturated carbocycles. The highest BCUT2D eigenvalue weighted by Gasteiger charge is 2.39. The molecule has 0 N–H and O–H groups in total. The molecule has 1 fully saturated rings. The Bertz CT molecular complexity index is 515. The maximum atomic E-state index is 12.3. The fraction of sp³-hybridized carbons (Fsp3) is 0.364. The summed E-state index contributed by atoms with van der Waals surface area (Å²) in [6, 6.07) is 7.52. The van der Waals surface area contributed by atoms with E-state index in [0.717, 1.165) is 4.31 Å². The lowest BCUT2D eigenvalue weighted by Crippen LogP contribution is -2.39. The normalized spacial score (nSPS) is 20.9. The molecular weight excluding hydrogens is 262 g/mol. The number of carbonyl (C=O) groups is 1. The molecule has 92 valence electrons. The molecule has 1 aliphatic rings. The highest BCUT2D eigenvalue weighted by atomic mass is 35.5. The molecule has 0 radical (unpaired) electrons. The molecule has 1 atom stereocenters. The summed E-state index contributed by atoms with van der Waals surface area (Å²) in [5.41, 5.74) is 0. The first-order valence-corrected chi connectivity index (χ1v) is 7.23. The van der Waals surface area contributed by atoms with Gasteiger partial charge in [0.25, 0.3) is 10.0 Å². The zero-order valence-electron chi connectivity index (χ0n) is 9.04. The van der Waals surface area contributed by atoms with Gasteiger partial charge in [0, 0.05) is 12.3 Å². The van der Waals surface area contributed by atoms with Crippen molar-refractivity contribution >= 4 is 27.5 Å². The Labute approximate surface area is 105 Å². The fourth-order valence-corrected chi connectivity index (χ4v) is 3.93. The van der Waals surface area contributed by atoms with Gasteiger partial charge in [0.05, 0.1) is 10.9 Å². The summed E-state index contributed by atoms with van der Waals surface area (Å²) in [7, 11) is -3.75. The summed E-state index contributed by atoms with van der Waals surface area (Å²) in [5.74, 6) is -0.239. The molecule has 0 spiro atoms. The first kappa shape index (κ1) is 12.4. The Balaban J connectivity index is 2.42. The van der Waals surface area contributed by atoms with E-state index >= 15 is 0 Å². The maximum absolute atomic E-state index is 12.3. The zero-order chi connectivity index (χ0) is 12.5. The summed E-state index contributed by atoms with van der Waals surface area (Å²) < 4.78 is 25.4. The van der Waals surface area contributed by atoms with Crippen molar-refractivity contribution in [2.24, 2.45) is 0 Å². The van der Waals surface area contributed by atoms with Crippen LogP contribution in [0.2, 0.25) is 0 Å². The first-order chi connectivity index (χ1) is 8.07. The zero-order valence-corrected chi connectivity index (χ0v) is 10.6. The van der Waals surface area contributed by atoms with Gasteiger partial charge < -0.3 is 0 Å². The van der Waals surface area contributed by atoms with Gasteiger partial charge in [-0.3, -0.25) is 4.79 Å². The minimum Gasteiger partial charge on any atom is -0.274 e. The van der Waals surface area contributed by atoms with E-state index in [9.17, 15) is 13.2 Å². The number of benzene rings is 1. The molecule has 1 heterocycles. The summed E-state index contributed by atoms with van der Waals surface area (Å²) in [6.07, 6.45) is 0.734. The lowest BCUT2D eigenvalue weighted by atomic mass is 10.2. The summed E-state index contributed by atoms with van der Waals surface area (Å²) in [5, 5.41) is 0. The largest absolute Gasteiger partial charge is 0.274 e. The minimum absolute atomic E-state index is 0.130. The molecule has 17 heavy (non-hydrogen) atoms. The number of carbonyl (C=O) groups excluding carboxylic acids is 1. The van der Waals surface area contributed by atoms with Crippen LogP contribution < -0.4 is 0 Å². The van der Waals surface area contributed by atoms with Crippen LogP contribution in [0.1, 0.15) is 12.8 Å². The third-order valence-corrected chi connectivity index (χ3v) is 4.99. The van der Waals surface area contributed by atoms with Crippen molar-refractivity contribution in [1.82, 2.24) is 4.31 Å². The van der Waals surface area contributed by atoms with Crippen molar-refractivity contribution in [3.05, 3.63) is 30.3 Å². The van der Waals surface area contributed by atoms with Gasteiger partial charge in [0.2, 0.25) is 5.91 Å². The molecule has 0 aromatic heterocycles. The monoisotopic (exact) mass is 273 g/mol. The van der Waals surface area contributed by atoms with Crippen molar-refractivity contribution < 1.29 is 13.2 Å². The van der Waals surface area contributed by atoms with Crippen molar-refractivity contribution in [1.29, 1.82) is 0 Å². The number of alkyl halides is 1. The van der Waals surface area contributed by atoms with Gasteiger partial charge >= 0.3 is 0 Å². The van der Waals surface area contributed by atoms with Crippen LogP contribution in [0.25, 0.3) is 0 Å². The van der Waals surface area contributed by atoms with Crippen LogP contribution in [0.15, 0.2) is 35.2 Å². The van der Waals surface area contributed by atoms with Crippen LogP contribution in [0.3, 0.4) is 0 Å². The van der Waals surface area contributed by atoms with Gasteiger partial charge in [-0.05, 0) is 18.6 Å². The van der Waals surface area contributed by atoms with E-state index in [4.69, 9.17) is 11.6 Å². The highest BCUT2D eigenvalue weighted by Crippen LogP contribution is 2.27. The molecular formula is C11H12ClNO3S. The Kier molecular flexibility index (Phi) is 3.40. The summed E-state index contributed by atoms with van der Waals surface area (Å²) in [4.78, 5) is 11.8. The Morgan fingerprint density at radius 2 is 1.94 bits per heavy atom. The van der Waals surface area contributed by atoms with E-state index in [0.29, 0.717) is 6.42 Å². The predicted molar refractivity (Wildman–Crippen MR) is 64.2 cm³/mol. The molecule has 2 rings (SSSR count). The van der Waals surface area contributed by atoms with Crippen molar-refractivity contribution in [3.8, 4) is 0 Å². The standard InChI is InChI=1S/C11H12ClNO3S/c12-8-9-6-7-11(14)13(9)17(15,16)10-4-2-1-3-5-10/h1-5,9H,6-8H2. The summed E-state index contributed by atoms with van der Waals surface area (Å²) >= 11 is 5.70. The lowest BCUT2D eigenvalue weighted by Gasteiger charge is -2.22. The quantitative estimate of drug-likeness (QED) is 0.786. The van der Waals surface area contributed by atoms with Crippen LogP contribution in [-0.2, 0) is 14.8 Å². The Morgan fingerprint density at radius 1 is 1.29 bits per heavy atom. The minimum atomic E-state index is -3.75. The number of sulfonamides is 1. The molecule has 1 aliphatic heterocycles. The van der Waals surface area contributed by atoms with Gasteiger partial charge in [0.15, 0.2) is 0 Å². The third-order valence-electron chi connectivity index (χ3n) is 2.75. The molecule has 1 amide bonds. The van der Waals surface area contributed by atoms with Gasteiger partial charge in [-0.15, -0.1) is 11.6 Å². The highest BCUT2D eigenvalue weighted by molar-refractivity contribution is 7.89. The van der Waals surface area contributed by atoms with E-state index in [2.05, 4.69) is 0 Å². The van der Waals surface area contributed by atoms with Crippen LogP contribution in [0.5, 0.6) is 0 Å². The van der Waals surface area contributed by atoms with Gasteiger partial charge in [-0.25, -0.2) is 12.7 Å². The van der Waals surface area contributed by atoms with Gasteiger partial charge in [-0.2, -0.15) is 0 Å². The SMILES string of the molecule is O=C1CCC(CCl)N1S(=O)(=O)c1ccccc1. The molecule has 4 nitrogen and oxygen atoms in total. The first-order valence-electron chi connectivity index (χ1n) is 5.25. The maximum Gasteiger partial charge on any atom is 0.266 e. The lowest BCUT2D eigenvalue weighted by molar-refractivity contribution is -0.124. The second-order valence-electron chi connectivity index (χ2n) is 3.85. The average Bonchev–Trinajstić information content (AvgIpc) is 2.72. The molecule has 6 heteroatoms. The molecule has 1 aromatic carbocycles. The Hall–Kier alpha value is -1.07. The summed E-state index contributed by atoms with van der Waals surface area (Å²) in [6.45, 7) is 0. The molecule has 1 unspecified atom stereocenters. The molecule has 0 bridgehead atoms. The number of nitrogens with zero attached hydrogens (tertiary/aromatic N) is 1. The van der Waals surface area contributed by atoms with Crippen molar-refractivity contribution in [3.63, 3.8) is 0 Å². The van der Waals surface area contributed by atoms with Crippen LogP contribution >= 0.6 is 11.6 Å². The molecule has 1 aromatic rings. The van der Waals surface area contributed by atoms with Crippen LogP contribution in [0, 0.1) is 0 Å². The number of hydrogen-bond acceptors (Lipinski definition) is 3. The fourth-order valence-electron chi connectivity index (χ4n) is 1.90. The van der Waals surface area contributed by atoms with E-state index < -0.39 is 16.1 Å². The second-order valence-corrected chi connectivity index (χ2v) is 5.98. The van der Waals surface area contributed by atoms with Crippen molar-refractivity contribution in [2.45, 2.75) is 23.8 Å². The Morgan fingerprint density at radius 3 is 2.53 bits per heavy atom. The van der Waals surface area contributed by atoms with Gasteiger partial charge in [0.1, 0.15) is 0 Å². The van der Waals surface area contributed by atoms with E-state index in [1.165, 1.54) is 12.1 Å². The predicted octanol–water partition coefficient (Wildman–Crippen LogP) is 1.61.